The summed E-state index contributed by atoms with van der Waals surface area (Å²) < 4.78 is 0. The number of aryl methyl sites for hydroxylation is 3. The highest BCUT2D eigenvalue weighted by Gasteiger charge is 2.09. The number of anilines is 2. The molecule has 2 aromatic rings. The number of hydrogen-bond donors (Lipinski definition) is 2. The topological polar surface area (TPSA) is 55.1 Å². The van der Waals surface area contributed by atoms with E-state index in [2.05, 4.69) is 5.32 Å². The maximum atomic E-state index is 12.1. The van der Waals surface area contributed by atoms with Crippen LogP contribution in [0.15, 0.2) is 36.4 Å². The molecule has 98 valence electrons. The molecule has 0 aromatic heterocycles. The van der Waals surface area contributed by atoms with Crippen LogP contribution in [0.2, 0.25) is 0 Å². The fraction of sp³-hybridized carbons (Fsp3) is 0.188. The molecule has 0 unspecified atom stereocenters. The molecule has 0 radical (unpaired) electrons. The third-order valence-corrected chi connectivity index (χ3v) is 3.23. The van der Waals surface area contributed by atoms with Gasteiger partial charge in [-0.2, -0.15) is 0 Å². The molecule has 0 saturated heterocycles. The first-order chi connectivity index (χ1) is 8.97. The van der Waals surface area contributed by atoms with E-state index >= 15 is 0 Å². The molecule has 1 amide bonds. The number of nitrogens with two attached hydrogens (primary N) is 1. The Morgan fingerprint density at radius 1 is 1.00 bits per heavy atom. The van der Waals surface area contributed by atoms with Crippen LogP contribution in [0.25, 0.3) is 0 Å². The lowest BCUT2D eigenvalue weighted by atomic mass is 10.1. The van der Waals surface area contributed by atoms with Gasteiger partial charge in [0.25, 0.3) is 5.91 Å². The van der Waals surface area contributed by atoms with Gasteiger partial charge in [-0.05, 0) is 56.2 Å². The number of nitrogens with one attached hydrogen (secondary N) is 1. The molecule has 0 aliphatic heterocycles. The second-order valence-corrected chi connectivity index (χ2v) is 4.84. The van der Waals surface area contributed by atoms with Gasteiger partial charge in [-0.15, -0.1) is 0 Å². The third kappa shape index (κ3) is 2.94. The van der Waals surface area contributed by atoms with E-state index in [9.17, 15) is 4.79 Å². The van der Waals surface area contributed by atoms with E-state index < -0.39 is 0 Å². The van der Waals surface area contributed by atoms with Crippen LogP contribution < -0.4 is 11.1 Å². The van der Waals surface area contributed by atoms with Crippen molar-refractivity contribution in [2.24, 2.45) is 0 Å². The minimum Gasteiger partial charge on any atom is -0.397 e. The largest absolute Gasteiger partial charge is 0.397 e. The van der Waals surface area contributed by atoms with Crippen molar-refractivity contribution in [1.29, 1.82) is 0 Å². The Labute approximate surface area is 113 Å². The molecule has 3 nitrogen and oxygen atoms in total. The Morgan fingerprint density at radius 3 is 2.21 bits per heavy atom. The summed E-state index contributed by atoms with van der Waals surface area (Å²) in [5, 5.41) is 2.85. The van der Waals surface area contributed by atoms with Crippen molar-refractivity contribution < 1.29 is 4.79 Å². The van der Waals surface area contributed by atoms with Crippen molar-refractivity contribution in [3.8, 4) is 0 Å². The SMILES string of the molecule is Cc1ccc(C(=O)Nc2cc(C)c(C)cc2N)cc1. The van der Waals surface area contributed by atoms with Crippen LogP contribution in [0.5, 0.6) is 0 Å². The van der Waals surface area contributed by atoms with Gasteiger partial charge < -0.3 is 11.1 Å². The molecule has 0 atom stereocenters. The molecular weight excluding hydrogens is 236 g/mol. The Hall–Kier alpha value is -2.29. The minimum absolute atomic E-state index is 0.144. The van der Waals surface area contributed by atoms with E-state index in [1.165, 1.54) is 0 Å². The fourth-order valence-corrected chi connectivity index (χ4v) is 1.85. The zero-order valence-electron chi connectivity index (χ0n) is 11.4. The molecule has 0 aliphatic rings. The van der Waals surface area contributed by atoms with E-state index in [1.807, 2.05) is 57.2 Å². The first-order valence-corrected chi connectivity index (χ1v) is 6.22. The van der Waals surface area contributed by atoms with E-state index in [-0.39, 0.29) is 5.91 Å². The van der Waals surface area contributed by atoms with Gasteiger partial charge in [0, 0.05) is 5.56 Å². The summed E-state index contributed by atoms with van der Waals surface area (Å²) in [7, 11) is 0. The van der Waals surface area contributed by atoms with Crippen LogP contribution in [-0.2, 0) is 0 Å². The van der Waals surface area contributed by atoms with Gasteiger partial charge in [-0.1, -0.05) is 17.7 Å². The molecule has 2 aromatic carbocycles. The van der Waals surface area contributed by atoms with Crippen molar-refractivity contribution in [1.82, 2.24) is 0 Å². The van der Waals surface area contributed by atoms with Crippen LogP contribution in [-0.4, -0.2) is 5.91 Å². The van der Waals surface area contributed by atoms with Gasteiger partial charge in [0.1, 0.15) is 0 Å². The molecule has 0 aliphatic carbocycles. The smallest absolute Gasteiger partial charge is 0.255 e. The number of carbonyl (C=O) groups excluding carboxylic acids is 1. The minimum atomic E-state index is -0.144. The number of hydrogen-bond acceptors (Lipinski definition) is 2. The van der Waals surface area contributed by atoms with Crippen molar-refractivity contribution in [2.75, 3.05) is 11.1 Å². The van der Waals surface area contributed by atoms with Crippen LogP contribution in [0.4, 0.5) is 11.4 Å². The highest BCUT2D eigenvalue weighted by atomic mass is 16.1. The van der Waals surface area contributed by atoms with E-state index in [4.69, 9.17) is 5.73 Å². The highest BCUT2D eigenvalue weighted by molar-refractivity contribution is 6.05. The summed E-state index contributed by atoms with van der Waals surface area (Å²) >= 11 is 0. The molecule has 19 heavy (non-hydrogen) atoms. The number of amides is 1. The van der Waals surface area contributed by atoms with Crippen molar-refractivity contribution >= 4 is 17.3 Å². The third-order valence-electron chi connectivity index (χ3n) is 3.23. The molecular formula is C16H18N2O. The monoisotopic (exact) mass is 254 g/mol. The zero-order valence-corrected chi connectivity index (χ0v) is 11.4. The second kappa shape index (κ2) is 5.14. The highest BCUT2D eigenvalue weighted by Crippen LogP contribution is 2.23. The van der Waals surface area contributed by atoms with Crippen molar-refractivity contribution in [3.63, 3.8) is 0 Å². The predicted molar refractivity (Wildman–Crippen MR) is 79.5 cm³/mol. The first-order valence-electron chi connectivity index (χ1n) is 6.22. The van der Waals surface area contributed by atoms with Gasteiger partial charge in [-0.3, -0.25) is 4.79 Å². The van der Waals surface area contributed by atoms with Gasteiger partial charge in [0.2, 0.25) is 0 Å². The number of nitrogen functional groups attached to an aromatic ring is 1. The van der Waals surface area contributed by atoms with Crippen LogP contribution in [0.3, 0.4) is 0 Å². The molecule has 0 heterocycles. The number of benzene rings is 2. The summed E-state index contributed by atoms with van der Waals surface area (Å²) in [6.45, 7) is 5.98. The van der Waals surface area contributed by atoms with E-state index in [0.29, 0.717) is 16.9 Å². The Morgan fingerprint density at radius 2 is 1.58 bits per heavy atom. The quantitative estimate of drug-likeness (QED) is 0.806. The van der Waals surface area contributed by atoms with E-state index in [1.54, 1.807) is 0 Å². The van der Waals surface area contributed by atoms with Crippen LogP contribution in [0, 0.1) is 20.8 Å². The second-order valence-electron chi connectivity index (χ2n) is 4.84. The predicted octanol–water partition coefficient (Wildman–Crippen LogP) is 3.45. The summed E-state index contributed by atoms with van der Waals surface area (Å²) in [5.41, 5.74) is 11.2. The lowest BCUT2D eigenvalue weighted by Crippen LogP contribution is -2.13. The van der Waals surface area contributed by atoms with E-state index in [0.717, 1.165) is 16.7 Å². The maximum absolute atomic E-state index is 12.1. The van der Waals surface area contributed by atoms with Gasteiger partial charge in [0.05, 0.1) is 11.4 Å². The van der Waals surface area contributed by atoms with Gasteiger partial charge in [0.15, 0.2) is 0 Å². The Kier molecular flexibility index (Phi) is 3.56. The number of carbonyl (C=O) groups is 1. The molecule has 3 N–H and O–H groups in total. The first kappa shape index (κ1) is 13.1. The van der Waals surface area contributed by atoms with Gasteiger partial charge >= 0.3 is 0 Å². The molecule has 3 heteroatoms. The van der Waals surface area contributed by atoms with Crippen LogP contribution in [0.1, 0.15) is 27.0 Å². The lowest BCUT2D eigenvalue weighted by molar-refractivity contribution is 0.102. The van der Waals surface area contributed by atoms with Crippen molar-refractivity contribution in [3.05, 3.63) is 58.7 Å². The summed E-state index contributed by atoms with van der Waals surface area (Å²) in [6, 6.07) is 11.2. The Balaban J connectivity index is 2.24. The fourth-order valence-electron chi connectivity index (χ4n) is 1.85. The summed E-state index contributed by atoms with van der Waals surface area (Å²) in [5.74, 6) is -0.144. The average Bonchev–Trinajstić information content (AvgIpc) is 2.36. The molecule has 0 spiro atoms. The van der Waals surface area contributed by atoms with Crippen molar-refractivity contribution in [2.45, 2.75) is 20.8 Å². The normalized spacial score (nSPS) is 10.3. The molecule has 0 fully saturated rings. The summed E-state index contributed by atoms with van der Waals surface area (Å²) in [6.07, 6.45) is 0. The molecule has 2 rings (SSSR count). The van der Waals surface area contributed by atoms with Crippen LogP contribution >= 0.6 is 0 Å². The standard InChI is InChI=1S/C16H18N2O/c1-10-4-6-13(7-5-10)16(19)18-15-9-12(3)11(2)8-14(15)17/h4-9H,17H2,1-3H3,(H,18,19). The average molecular weight is 254 g/mol. The number of rotatable bonds is 2. The molecule has 0 bridgehead atoms. The Bertz CT molecular complexity index is 615. The maximum Gasteiger partial charge on any atom is 0.255 e. The zero-order chi connectivity index (χ0) is 14.0. The lowest BCUT2D eigenvalue weighted by Gasteiger charge is -2.11. The molecule has 0 saturated carbocycles. The summed E-state index contributed by atoms with van der Waals surface area (Å²) in [4.78, 5) is 12.1. The van der Waals surface area contributed by atoms with Gasteiger partial charge in [-0.25, -0.2) is 0 Å².